The SMILES string of the molecule is CCOc1ccccc1Nc1nc2c(c(=O)[nH]1)CSC2. The summed E-state index contributed by atoms with van der Waals surface area (Å²) in [5.74, 6) is 2.74. The van der Waals surface area contributed by atoms with Gasteiger partial charge in [-0.2, -0.15) is 11.8 Å². The highest BCUT2D eigenvalue weighted by Crippen LogP contribution is 2.28. The van der Waals surface area contributed by atoms with Crippen molar-refractivity contribution in [3.05, 3.63) is 45.9 Å². The van der Waals surface area contributed by atoms with E-state index in [0.717, 1.165) is 34.2 Å². The lowest BCUT2D eigenvalue weighted by Gasteiger charge is -2.11. The van der Waals surface area contributed by atoms with Gasteiger partial charge in [0, 0.05) is 17.1 Å². The number of hydrogen-bond acceptors (Lipinski definition) is 5. The number of para-hydroxylation sites is 2. The fraction of sp³-hybridized carbons (Fsp3) is 0.286. The Morgan fingerprint density at radius 1 is 1.40 bits per heavy atom. The molecule has 0 saturated heterocycles. The van der Waals surface area contributed by atoms with Crippen molar-refractivity contribution in [3.8, 4) is 5.75 Å². The molecule has 0 aliphatic carbocycles. The molecule has 2 heterocycles. The number of H-pyrrole nitrogens is 1. The summed E-state index contributed by atoms with van der Waals surface area (Å²) in [5, 5.41) is 3.13. The predicted molar refractivity (Wildman–Crippen MR) is 80.8 cm³/mol. The maximum atomic E-state index is 12.0. The number of thioether (sulfide) groups is 1. The van der Waals surface area contributed by atoms with Crippen LogP contribution in [0.2, 0.25) is 0 Å². The predicted octanol–water partition coefficient (Wildman–Crippen LogP) is 2.66. The summed E-state index contributed by atoms with van der Waals surface area (Å²) in [5.41, 5.74) is 2.40. The molecule has 0 amide bonds. The molecule has 1 aromatic heterocycles. The van der Waals surface area contributed by atoms with Gasteiger partial charge in [-0.3, -0.25) is 9.78 Å². The molecule has 1 aliphatic heterocycles. The van der Waals surface area contributed by atoms with Crippen molar-refractivity contribution in [2.45, 2.75) is 18.4 Å². The topological polar surface area (TPSA) is 67.0 Å². The lowest BCUT2D eigenvalue weighted by molar-refractivity contribution is 0.342. The Bertz CT molecular complexity index is 684. The number of fused-ring (bicyclic) bond motifs is 1. The summed E-state index contributed by atoms with van der Waals surface area (Å²) in [6.07, 6.45) is 0. The van der Waals surface area contributed by atoms with Gasteiger partial charge < -0.3 is 10.1 Å². The highest BCUT2D eigenvalue weighted by Gasteiger charge is 2.17. The van der Waals surface area contributed by atoms with Crippen molar-refractivity contribution in [1.82, 2.24) is 9.97 Å². The second-order valence-corrected chi connectivity index (χ2v) is 5.37. The molecule has 0 saturated carbocycles. The molecule has 0 radical (unpaired) electrons. The zero-order chi connectivity index (χ0) is 13.9. The van der Waals surface area contributed by atoms with Gasteiger partial charge in [0.1, 0.15) is 5.75 Å². The first-order valence-electron chi connectivity index (χ1n) is 6.46. The number of benzene rings is 1. The molecule has 3 rings (SSSR count). The van der Waals surface area contributed by atoms with Crippen LogP contribution in [-0.2, 0) is 11.5 Å². The monoisotopic (exact) mass is 289 g/mol. The second-order valence-electron chi connectivity index (χ2n) is 4.39. The van der Waals surface area contributed by atoms with Crippen LogP contribution in [0.25, 0.3) is 0 Å². The zero-order valence-electron chi connectivity index (χ0n) is 11.1. The van der Waals surface area contributed by atoms with Gasteiger partial charge in [-0.1, -0.05) is 12.1 Å². The first-order valence-corrected chi connectivity index (χ1v) is 7.62. The minimum Gasteiger partial charge on any atom is -0.492 e. The molecule has 1 aliphatic rings. The standard InChI is InChI=1S/C14H15N3O2S/c1-2-19-12-6-4-3-5-10(12)15-14-16-11-8-20-7-9(11)13(18)17-14/h3-6H,2,7-8H2,1H3,(H2,15,16,17,18). The molecular weight excluding hydrogens is 274 g/mol. The molecule has 0 atom stereocenters. The Morgan fingerprint density at radius 2 is 2.25 bits per heavy atom. The van der Waals surface area contributed by atoms with E-state index in [9.17, 15) is 4.79 Å². The minimum absolute atomic E-state index is 0.0589. The van der Waals surface area contributed by atoms with Gasteiger partial charge >= 0.3 is 0 Å². The minimum atomic E-state index is -0.0589. The normalized spacial score (nSPS) is 13.1. The van der Waals surface area contributed by atoms with E-state index in [-0.39, 0.29) is 5.56 Å². The quantitative estimate of drug-likeness (QED) is 0.905. The zero-order valence-corrected chi connectivity index (χ0v) is 11.9. The Morgan fingerprint density at radius 3 is 3.10 bits per heavy atom. The van der Waals surface area contributed by atoms with Gasteiger partial charge in [0.25, 0.3) is 5.56 Å². The molecular formula is C14H15N3O2S. The second kappa shape index (κ2) is 5.58. The van der Waals surface area contributed by atoms with Crippen LogP contribution in [0.15, 0.2) is 29.1 Å². The Labute approximate surface area is 120 Å². The number of rotatable bonds is 4. The molecule has 6 heteroatoms. The molecule has 0 fully saturated rings. The Hall–Kier alpha value is -1.95. The van der Waals surface area contributed by atoms with Crippen LogP contribution in [0.1, 0.15) is 18.2 Å². The molecule has 20 heavy (non-hydrogen) atoms. The maximum absolute atomic E-state index is 12.0. The third kappa shape index (κ3) is 2.51. The van der Waals surface area contributed by atoms with E-state index < -0.39 is 0 Å². The first kappa shape index (κ1) is 13.1. The summed E-state index contributed by atoms with van der Waals surface area (Å²) >= 11 is 1.71. The van der Waals surface area contributed by atoms with Crippen LogP contribution in [0.4, 0.5) is 11.6 Å². The molecule has 2 aromatic rings. The van der Waals surface area contributed by atoms with E-state index >= 15 is 0 Å². The molecule has 0 spiro atoms. The number of nitrogens with one attached hydrogen (secondary N) is 2. The van der Waals surface area contributed by atoms with Gasteiger partial charge in [0.2, 0.25) is 5.95 Å². The van der Waals surface area contributed by atoms with Crippen LogP contribution in [0.3, 0.4) is 0 Å². The van der Waals surface area contributed by atoms with Crippen LogP contribution in [0.5, 0.6) is 5.75 Å². The Kier molecular flexibility index (Phi) is 3.64. The lowest BCUT2D eigenvalue weighted by atomic mass is 10.3. The van der Waals surface area contributed by atoms with Crippen molar-refractivity contribution in [1.29, 1.82) is 0 Å². The number of nitrogens with zero attached hydrogens (tertiary/aromatic N) is 1. The number of ether oxygens (including phenoxy) is 1. The maximum Gasteiger partial charge on any atom is 0.256 e. The fourth-order valence-corrected chi connectivity index (χ4v) is 3.14. The van der Waals surface area contributed by atoms with Crippen molar-refractivity contribution in [2.24, 2.45) is 0 Å². The van der Waals surface area contributed by atoms with Gasteiger partial charge in [-0.25, -0.2) is 4.98 Å². The third-order valence-corrected chi connectivity index (χ3v) is 4.00. The molecule has 104 valence electrons. The Balaban J connectivity index is 1.92. The van der Waals surface area contributed by atoms with Gasteiger partial charge in [0.15, 0.2) is 0 Å². The van der Waals surface area contributed by atoms with Crippen LogP contribution in [-0.4, -0.2) is 16.6 Å². The van der Waals surface area contributed by atoms with E-state index in [1.54, 1.807) is 11.8 Å². The lowest BCUT2D eigenvalue weighted by Crippen LogP contribution is -2.16. The van der Waals surface area contributed by atoms with E-state index in [2.05, 4.69) is 15.3 Å². The number of aromatic amines is 1. The molecule has 5 nitrogen and oxygen atoms in total. The van der Waals surface area contributed by atoms with Crippen molar-refractivity contribution in [3.63, 3.8) is 0 Å². The van der Waals surface area contributed by atoms with Crippen molar-refractivity contribution < 1.29 is 4.74 Å². The molecule has 0 unspecified atom stereocenters. The van der Waals surface area contributed by atoms with Gasteiger partial charge in [-0.05, 0) is 19.1 Å². The molecule has 0 bridgehead atoms. The van der Waals surface area contributed by atoms with Crippen LogP contribution in [0, 0.1) is 0 Å². The summed E-state index contributed by atoms with van der Waals surface area (Å²) in [6.45, 7) is 2.52. The van der Waals surface area contributed by atoms with E-state index in [4.69, 9.17) is 4.74 Å². The van der Waals surface area contributed by atoms with E-state index in [0.29, 0.717) is 12.6 Å². The van der Waals surface area contributed by atoms with Crippen LogP contribution < -0.4 is 15.6 Å². The molecule has 1 aromatic carbocycles. The number of anilines is 2. The fourth-order valence-electron chi connectivity index (χ4n) is 2.10. The smallest absolute Gasteiger partial charge is 0.256 e. The van der Waals surface area contributed by atoms with Crippen molar-refractivity contribution >= 4 is 23.4 Å². The highest BCUT2D eigenvalue weighted by molar-refractivity contribution is 7.98. The van der Waals surface area contributed by atoms with Gasteiger partial charge in [-0.15, -0.1) is 0 Å². The largest absolute Gasteiger partial charge is 0.492 e. The highest BCUT2D eigenvalue weighted by atomic mass is 32.2. The van der Waals surface area contributed by atoms with Crippen molar-refractivity contribution in [2.75, 3.05) is 11.9 Å². The van der Waals surface area contributed by atoms with Crippen LogP contribution >= 0.6 is 11.8 Å². The summed E-state index contributed by atoms with van der Waals surface area (Å²) in [4.78, 5) is 19.2. The average Bonchev–Trinajstić information content (AvgIpc) is 2.90. The number of hydrogen-bond donors (Lipinski definition) is 2. The van der Waals surface area contributed by atoms with E-state index in [1.807, 2.05) is 31.2 Å². The summed E-state index contributed by atoms with van der Waals surface area (Å²) < 4.78 is 5.55. The summed E-state index contributed by atoms with van der Waals surface area (Å²) in [7, 11) is 0. The van der Waals surface area contributed by atoms with E-state index in [1.165, 1.54) is 0 Å². The molecule has 2 N–H and O–H groups in total. The first-order chi connectivity index (χ1) is 9.78. The average molecular weight is 289 g/mol. The van der Waals surface area contributed by atoms with Gasteiger partial charge in [0.05, 0.1) is 18.0 Å². The number of aromatic nitrogens is 2. The summed E-state index contributed by atoms with van der Waals surface area (Å²) in [6, 6.07) is 7.60. The third-order valence-electron chi connectivity index (χ3n) is 3.03.